The minimum atomic E-state index is -2.59. The number of alkyl halides is 2. The van der Waals surface area contributed by atoms with Crippen molar-refractivity contribution in [3.63, 3.8) is 0 Å². The van der Waals surface area contributed by atoms with Gasteiger partial charge in [-0.2, -0.15) is 0 Å². The fourth-order valence-corrected chi connectivity index (χ4v) is 4.13. The Morgan fingerprint density at radius 2 is 2.03 bits per heavy atom. The van der Waals surface area contributed by atoms with Crippen LogP contribution in [0.1, 0.15) is 53.4 Å². The summed E-state index contributed by atoms with van der Waals surface area (Å²) in [5.74, 6) is -3.62. The lowest BCUT2D eigenvalue weighted by Gasteiger charge is -2.29. The molecule has 1 aliphatic carbocycles. The van der Waals surface area contributed by atoms with Crippen LogP contribution in [0.3, 0.4) is 0 Å². The Balaban J connectivity index is 1.65. The second-order valence-electron chi connectivity index (χ2n) is 7.68. The standard InChI is InChI=1S/C22H21ClF2N2O3/c23-16-4-2-1-3-14(16)20(30-12-13-5-8-22(24,25)9-6-13)18-11-17-19(27-18)15(21(28)29)7-10-26-17/h1-4,7,10-11,13,20,27H,5-6,8-9,12H2,(H,28,29)/t20-/m0/s1. The molecule has 30 heavy (non-hydrogen) atoms. The van der Waals surface area contributed by atoms with E-state index in [1.165, 1.54) is 12.3 Å². The van der Waals surface area contributed by atoms with Crippen molar-refractivity contribution in [1.29, 1.82) is 0 Å². The van der Waals surface area contributed by atoms with Gasteiger partial charge in [0.1, 0.15) is 6.10 Å². The Kier molecular flexibility index (Phi) is 5.75. The number of carbonyl (C=O) groups is 1. The average molecular weight is 435 g/mol. The summed E-state index contributed by atoms with van der Waals surface area (Å²) in [5, 5.41) is 9.95. The van der Waals surface area contributed by atoms with E-state index in [0.29, 0.717) is 46.8 Å². The SMILES string of the molecule is O=C(O)c1ccnc2cc([C@@H](OCC3CCC(F)(F)CC3)c3ccccc3Cl)[nH]c12. The largest absolute Gasteiger partial charge is 0.478 e. The molecule has 4 rings (SSSR count). The van der Waals surface area contributed by atoms with Crippen LogP contribution in [0.5, 0.6) is 0 Å². The molecule has 0 radical (unpaired) electrons. The number of aromatic amines is 1. The Hall–Kier alpha value is -2.51. The third-order valence-corrected chi connectivity index (χ3v) is 5.92. The lowest BCUT2D eigenvalue weighted by atomic mass is 9.87. The highest BCUT2D eigenvalue weighted by molar-refractivity contribution is 6.31. The maximum absolute atomic E-state index is 13.5. The lowest BCUT2D eigenvalue weighted by Crippen LogP contribution is -2.27. The number of nitrogens with zero attached hydrogens (tertiary/aromatic N) is 1. The molecule has 0 aliphatic heterocycles. The number of pyridine rings is 1. The highest BCUT2D eigenvalue weighted by Gasteiger charge is 2.35. The third kappa shape index (κ3) is 4.32. The van der Waals surface area contributed by atoms with Gasteiger partial charge in [-0.25, -0.2) is 13.6 Å². The van der Waals surface area contributed by atoms with Crippen LogP contribution >= 0.6 is 11.6 Å². The normalized spacial score (nSPS) is 17.8. The third-order valence-electron chi connectivity index (χ3n) is 5.58. The smallest absolute Gasteiger partial charge is 0.337 e. The summed E-state index contributed by atoms with van der Waals surface area (Å²) in [7, 11) is 0. The van der Waals surface area contributed by atoms with Gasteiger partial charge in [0, 0.05) is 29.6 Å². The molecule has 2 N–H and O–H groups in total. The monoisotopic (exact) mass is 434 g/mol. The summed E-state index contributed by atoms with van der Waals surface area (Å²) in [4.78, 5) is 18.9. The highest BCUT2D eigenvalue weighted by atomic mass is 35.5. The molecular weight excluding hydrogens is 414 g/mol. The fourth-order valence-electron chi connectivity index (χ4n) is 3.90. The zero-order valence-electron chi connectivity index (χ0n) is 16.1. The van der Waals surface area contributed by atoms with Gasteiger partial charge in [-0.1, -0.05) is 29.8 Å². The van der Waals surface area contributed by atoms with Gasteiger partial charge in [-0.15, -0.1) is 0 Å². The van der Waals surface area contributed by atoms with Gasteiger partial charge in [-0.3, -0.25) is 4.98 Å². The van der Waals surface area contributed by atoms with Crippen molar-refractivity contribution in [2.75, 3.05) is 6.61 Å². The number of fused-ring (bicyclic) bond motifs is 1. The highest BCUT2D eigenvalue weighted by Crippen LogP contribution is 2.38. The lowest BCUT2D eigenvalue weighted by molar-refractivity contribution is -0.0602. The van der Waals surface area contributed by atoms with E-state index in [1.54, 1.807) is 18.2 Å². The molecule has 0 saturated heterocycles. The number of ether oxygens (including phenoxy) is 1. The molecule has 1 aromatic carbocycles. The van der Waals surface area contributed by atoms with Crippen LogP contribution in [-0.4, -0.2) is 33.6 Å². The first kappa shape index (κ1) is 20.8. The van der Waals surface area contributed by atoms with Crippen LogP contribution in [0, 0.1) is 5.92 Å². The number of rotatable bonds is 6. The number of halogens is 3. The zero-order chi connectivity index (χ0) is 21.3. The molecule has 0 spiro atoms. The maximum atomic E-state index is 13.5. The molecule has 1 fully saturated rings. The number of H-pyrrole nitrogens is 1. The summed E-state index contributed by atoms with van der Waals surface area (Å²) in [6, 6.07) is 10.4. The van der Waals surface area contributed by atoms with Gasteiger partial charge in [0.25, 0.3) is 0 Å². The first-order valence-corrected chi connectivity index (χ1v) is 10.2. The second-order valence-corrected chi connectivity index (χ2v) is 8.09. The van der Waals surface area contributed by atoms with Gasteiger partial charge in [0.05, 0.1) is 28.9 Å². The Morgan fingerprint density at radius 3 is 2.73 bits per heavy atom. The van der Waals surface area contributed by atoms with Crippen molar-refractivity contribution in [3.8, 4) is 0 Å². The van der Waals surface area contributed by atoms with E-state index in [1.807, 2.05) is 12.1 Å². The fraction of sp³-hybridized carbons (Fsp3) is 0.364. The number of aromatic carboxylic acids is 1. The number of hydrogen-bond acceptors (Lipinski definition) is 3. The molecule has 3 aromatic rings. The minimum Gasteiger partial charge on any atom is -0.478 e. The van der Waals surface area contributed by atoms with Crippen LogP contribution < -0.4 is 0 Å². The van der Waals surface area contributed by atoms with Crippen LogP contribution in [0.15, 0.2) is 42.6 Å². The minimum absolute atomic E-state index is 0.0340. The van der Waals surface area contributed by atoms with E-state index >= 15 is 0 Å². The number of carboxylic acids is 1. The van der Waals surface area contributed by atoms with Crippen molar-refractivity contribution < 1.29 is 23.4 Å². The summed E-state index contributed by atoms with van der Waals surface area (Å²) < 4.78 is 33.1. The molecule has 1 atom stereocenters. The Labute approximate surface area is 177 Å². The van der Waals surface area contributed by atoms with Gasteiger partial charge in [0.2, 0.25) is 5.92 Å². The number of aromatic nitrogens is 2. The average Bonchev–Trinajstić information content (AvgIpc) is 3.14. The summed E-state index contributed by atoms with van der Waals surface area (Å²) >= 11 is 6.41. The van der Waals surface area contributed by atoms with Crippen LogP contribution in [0.4, 0.5) is 8.78 Å². The van der Waals surface area contributed by atoms with Crippen molar-refractivity contribution in [2.24, 2.45) is 5.92 Å². The van der Waals surface area contributed by atoms with Crippen molar-refractivity contribution in [1.82, 2.24) is 9.97 Å². The van der Waals surface area contributed by atoms with Crippen LogP contribution in [0.25, 0.3) is 11.0 Å². The molecule has 8 heteroatoms. The molecule has 1 saturated carbocycles. The quantitative estimate of drug-likeness (QED) is 0.510. The van der Waals surface area contributed by atoms with Crippen molar-refractivity contribution >= 4 is 28.6 Å². The zero-order valence-corrected chi connectivity index (χ0v) is 16.8. The Bertz CT molecular complexity index is 1060. The molecule has 0 bridgehead atoms. The number of carboxylic acid groups (broad SMARTS) is 1. The van der Waals surface area contributed by atoms with E-state index in [2.05, 4.69) is 9.97 Å². The molecule has 0 unspecified atom stereocenters. The molecule has 2 heterocycles. The van der Waals surface area contributed by atoms with Crippen molar-refractivity contribution in [2.45, 2.75) is 37.7 Å². The molecule has 158 valence electrons. The van der Waals surface area contributed by atoms with Gasteiger partial charge >= 0.3 is 5.97 Å². The van der Waals surface area contributed by atoms with E-state index in [-0.39, 0.29) is 24.3 Å². The van der Waals surface area contributed by atoms with Gasteiger partial charge < -0.3 is 14.8 Å². The summed E-state index contributed by atoms with van der Waals surface area (Å²) in [6.45, 7) is 0.306. The predicted molar refractivity (Wildman–Crippen MR) is 109 cm³/mol. The van der Waals surface area contributed by atoms with Crippen LogP contribution in [-0.2, 0) is 4.74 Å². The number of benzene rings is 1. The van der Waals surface area contributed by atoms with Crippen molar-refractivity contribution in [3.05, 3.63) is 64.4 Å². The molecular formula is C22H21ClF2N2O3. The predicted octanol–water partition coefficient (Wildman–Crippen LogP) is 5.85. The van der Waals surface area contributed by atoms with E-state index in [4.69, 9.17) is 16.3 Å². The Morgan fingerprint density at radius 1 is 1.30 bits per heavy atom. The van der Waals surface area contributed by atoms with E-state index in [0.717, 1.165) is 0 Å². The molecule has 2 aromatic heterocycles. The topological polar surface area (TPSA) is 75.2 Å². The maximum Gasteiger partial charge on any atom is 0.337 e. The summed E-state index contributed by atoms with van der Waals surface area (Å²) in [5.41, 5.74) is 2.34. The van der Waals surface area contributed by atoms with E-state index < -0.39 is 18.0 Å². The second kappa shape index (κ2) is 8.32. The first-order valence-electron chi connectivity index (χ1n) is 9.79. The molecule has 0 amide bonds. The number of nitrogens with one attached hydrogen (secondary N) is 1. The van der Waals surface area contributed by atoms with Gasteiger partial charge in [-0.05, 0) is 37.0 Å². The first-order chi connectivity index (χ1) is 14.3. The van der Waals surface area contributed by atoms with Gasteiger partial charge in [0.15, 0.2) is 0 Å². The molecule has 5 nitrogen and oxygen atoms in total. The van der Waals surface area contributed by atoms with Crippen LogP contribution in [0.2, 0.25) is 5.02 Å². The molecule has 1 aliphatic rings. The summed E-state index contributed by atoms with van der Waals surface area (Å²) in [6.07, 6.45) is 1.39. The van der Waals surface area contributed by atoms with E-state index in [9.17, 15) is 18.7 Å². The number of hydrogen-bond donors (Lipinski definition) is 2.